The zero-order valence-corrected chi connectivity index (χ0v) is 12.2. The van der Waals surface area contributed by atoms with E-state index in [2.05, 4.69) is 29.3 Å². The number of hydrazine groups is 1. The van der Waals surface area contributed by atoms with Crippen LogP contribution in [-0.4, -0.2) is 11.0 Å². The third-order valence-corrected chi connectivity index (χ3v) is 2.53. The molecule has 104 valence electrons. The van der Waals surface area contributed by atoms with Gasteiger partial charge in [-0.05, 0) is 30.8 Å². The van der Waals surface area contributed by atoms with E-state index in [1.54, 1.807) is 30.4 Å². The third-order valence-electron chi connectivity index (χ3n) is 2.33. The van der Waals surface area contributed by atoms with Crippen LogP contribution >= 0.6 is 12.2 Å². The Morgan fingerprint density at radius 2 is 2.00 bits per heavy atom. The van der Waals surface area contributed by atoms with Crippen molar-refractivity contribution in [2.24, 2.45) is 5.92 Å². The Hall–Kier alpha value is -1.88. The first-order valence-electron chi connectivity index (χ1n) is 6.03. The van der Waals surface area contributed by atoms with Crippen LogP contribution < -0.4 is 16.2 Å². The van der Waals surface area contributed by atoms with Crippen molar-refractivity contribution in [3.63, 3.8) is 0 Å². The monoisotopic (exact) mass is 279 g/mol. The van der Waals surface area contributed by atoms with E-state index in [1.807, 2.05) is 13.8 Å². The number of nitrogens with one attached hydrogen (secondary N) is 3. The second kappa shape index (κ2) is 10.1. The van der Waals surface area contributed by atoms with Gasteiger partial charge in [-0.1, -0.05) is 45.2 Å². The van der Waals surface area contributed by atoms with Crippen LogP contribution in [0.5, 0.6) is 0 Å². The van der Waals surface area contributed by atoms with E-state index in [9.17, 15) is 4.79 Å². The average Bonchev–Trinajstić information content (AvgIpc) is 2.41. The first kappa shape index (κ1) is 17.1. The summed E-state index contributed by atoms with van der Waals surface area (Å²) in [7, 11) is 0. The number of hydrogen-bond donors (Lipinski definition) is 3. The molecule has 0 fully saturated rings. The molecule has 0 bridgehead atoms. The molecule has 0 heterocycles. The summed E-state index contributed by atoms with van der Waals surface area (Å²) in [6, 6.07) is 0. The summed E-state index contributed by atoms with van der Waals surface area (Å²) >= 11 is 5.06. The van der Waals surface area contributed by atoms with Crippen molar-refractivity contribution in [2.45, 2.75) is 20.3 Å². The standard InChI is InChI=1S/C14H21N3OS/c1-5-8-10-12(9-6-2)15-14(19)17-16-13(18)11(4)7-3/h5-6,8-11H,1-2,7H2,3-4H3,(H,16,18)(H2,15,17,19)/b10-8-,12-9+. The number of thiocarbonyl (C=S) groups is 1. The molecule has 0 saturated carbocycles. The largest absolute Gasteiger partial charge is 0.331 e. The van der Waals surface area contributed by atoms with E-state index in [1.165, 1.54) is 0 Å². The van der Waals surface area contributed by atoms with Crippen LogP contribution in [0.15, 0.2) is 49.2 Å². The first-order valence-corrected chi connectivity index (χ1v) is 6.44. The zero-order chi connectivity index (χ0) is 14.7. The maximum absolute atomic E-state index is 11.5. The van der Waals surface area contributed by atoms with Crippen molar-refractivity contribution in [1.29, 1.82) is 0 Å². The molecule has 0 aromatic heterocycles. The number of rotatable bonds is 6. The van der Waals surface area contributed by atoms with E-state index >= 15 is 0 Å². The van der Waals surface area contributed by atoms with Crippen LogP contribution in [0.2, 0.25) is 0 Å². The summed E-state index contributed by atoms with van der Waals surface area (Å²) in [4.78, 5) is 11.5. The van der Waals surface area contributed by atoms with E-state index in [0.717, 1.165) is 12.1 Å². The molecular weight excluding hydrogens is 258 g/mol. The van der Waals surface area contributed by atoms with E-state index in [-0.39, 0.29) is 11.8 Å². The number of hydrogen-bond acceptors (Lipinski definition) is 2. The Balaban J connectivity index is 4.32. The Labute approximate surface area is 120 Å². The van der Waals surface area contributed by atoms with Crippen molar-refractivity contribution in [3.8, 4) is 0 Å². The van der Waals surface area contributed by atoms with Gasteiger partial charge in [-0.25, -0.2) is 0 Å². The predicted octanol–water partition coefficient (Wildman–Crippen LogP) is 2.34. The summed E-state index contributed by atoms with van der Waals surface area (Å²) in [6.45, 7) is 11.0. The number of amides is 1. The molecule has 4 nitrogen and oxygen atoms in total. The van der Waals surface area contributed by atoms with Crippen LogP contribution in [0.25, 0.3) is 0 Å². The van der Waals surface area contributed by atoms with Crippen LogP contribution in [0, 0.1) is 5.92 Å². The molecule has 0 saturated heterocycles. The highest BCUT2D eigenvalue weighted by Gasteiger charge is 2.09. The lowest BCUT2D eigenvalue weighted by Gasteiger charge is -2.14. The van der Waals surface area contributed by atoms with Crippen LogP contribution in [0.3, 0.4) is 0 Å². The molecule has 0 aliphatic rings. The van der Waals surface area contributed by atoms with Gasteiger partial charge in [0.05, 0.1) is 0 Å². The highest BCUT2D eigenvalue weighted by atomic mass is 32.1. The summed E-state index contributed by atoms with van der Waals surface area (Å²) in [5.41, 5.74) is 5.94. The molecule has 3 N–H and O–H groups in total. The average molecular weight is 279 g/mol. The van der Waals surface area contributed by atoms with Crippen LogP contribution in [0.4, 0.5) is 0 Å². The van der Waals surface area contributed by atoms with Gasteiger partial charge < -0.3 is 5.32 Å². The minimum absolute atomic E-state index is 0.0563. The molecule has 0 aliphatic heterocycles. The van der Waals surface area contributed by atoms with Crippen molar-refractivity contribution in [3.05, 3.63) is 49.2 Å². The number of allylic oxidation sites excluding steroid dienone is 5. The van der Waals surface area contributed by atoms with Crippen LogP contribution in [0.1, 0.15) is 20.3 Å². The molecule has 0 rings (SSSR count). The van der Waals surface area contributed by atoms with Gasteiger partial charge in [-0.2, -0.15) is 0 Å². The molecule has 1 amide bonds. The predicted molar refractivity (Wildman–Crippen MR) is 84.1 cm³/mol. The normalized spacial score (nSPS) is 12.6. The Morgan fingerprint density at radius 3 is 2.53 bits per heavy atom. The van der Waals surface area contributed by atoms with Gasteiger partial charge in [-0.15, -0.1) is 0 Å². The van der Waals surface area contributed by atoms with Crippen molar-refractivity contribution in [2.75, 3.05) is 0 Å². The first-order chi connectivity index (χ1) is 9.04. The van der Waals surface area contributed by atoms with Gasteiger partial charge in [-0.3, -0.25) is 15.6 Å². The molecule has 0 radical (unpaired) electrons. The minimum atomic E-state index is -0.0949. The highest BCUT2D eigenvalue weighted by Crippen LogP contribution is 1.98. The molecule has 0 aliphatic carbocycles. The fourth-order valence-corrected chi connectivity index (χ4v) is 1.20. The van der Waals surface area contributed by atoms with Crippen molar-refractivity contribution < 1.29 is 4.79 Å². The maximum atomic E-state index is 11.5. The van der Waals surface area contributed by atoms with Crippen molar-refractivity contribution >= 4 is 23.2 Å². The van der Waals surface area contributed by atoms with Gasteiger partial charge in [0, 0.05) is 11.6 Å². The SMILES string of the molecule is C=C/C=C\C(=C/C=C)NC(=S)NNC(=O)C(C)CC. The van der Waals surface area contributed by atoms with Gasteiger partial charge in [0.15, 0.2) is 5.11 Å². The second-order valence-electron chi connectivity index (χ2n) is 3.83. The van der Waals surface area contributed by atoms with Gasteiger partial charge in [0.25, 0.3) is 0 Å². The topological polar surface area (TPSA) is 53.2 Å². The number of carbonyl (C=O) groups is 1. The fourth-order valence-electron chi connectivity index (χ4n) is 1.03. The quantitative estimate of drug-likeness (QED) is 0.397. The molecular formula is C14H21N3OS. The molecule has 1 atom stereocenters. The smallest absolute Gasteiger partial charge is 0.241 e. The van der Waals surface area contributed by atoms with E-state index < -0.39 is 0 Å². The van der Waals surface area contributed by atoms with Gasteiger partial charge in [0.1, 0.15) is 0 Å². The van der Waals surface area contributed by atoms with Gasteiger partial charge >= 0.3 is 0 Å². The van der Waals surface area contributed by atoms with E-state index in [4.69, 9.17) is 12.2 Å². The molecule has 19 heavy (non-hydrogen) atoms. The number of carbonyl (C=O) groups excluding carboxylic acids is 1. The molecule has 0 spiro atoms. The summed E-state index contributed by atoms with van der Waals surface area (Å²) in [5.74, 6) is -0.151. The Morgan fingerprint density at radius 1 is 1.32 bits per heavy atom. The maximum Gasteiger partial charge on any atom is 0.241 e. The molecule has 0 aromatic rings. The van der Waals surface area contributed by atoms with Crippen molar-refractivity contribution in [1.82, 2.24) is 16.2 Å². The van der Waals surface area contributed by atoms with E-state index in [0.29, 0.717) is 5.11 Å². The van der Waals surface area contributed by atoms with Gasteiger partial charge in [0.2, 0.25) is 5.91 Å². The molecule has 0 aromatic carbocycles. The lowest BCUT2D eigenvalue weighted by Crippen LogP contribution is -2.47. The lowest BCUT2D eigenvalue weighted by atomic mass is 10.1. The lowest BCUT2D eigenvalue weighted by molar-refractivity contribution is -0.125. The fraction of sp³-hybridized carbons (Fsp3) is 0.286. The summed E-state index contributed by atoms with van der Waals surface area (Å²) < 4.78 is 0. The molecule has 5 heteroatoms. The van der Waals surface area contributed by atoms with Crippen LogP contribution in [-0.2, 0) is 4.79 Å². The third kappa shape index (κ3) is 7.94. The molecule has 1 unspecified atom stereocenters. The zero-order valence-electron chi connectivity index (χ0n) is 11.4. The Kier molecular flexibility index (Phi) is 9.08. The highest BCUT2D eigenvalue weighted by molar-refractivity contribution is 7.80. The second-order valence-corrected chi connectivity index (χ2v) is 4.24. The Bertz CT molecular complexity index is 399. The summed E-state index contributed by atoms with van der Waals surface area (Å²) in [5, 5.41) is 3.23. The minimum Gasteiger partial charge on any atom is -0.331 e. The summed E-state index contributed by atoms with van der Waals surface area (Å²) in [6.07, 6.45) is 9.37.